The van der Waals surface area contributed by atoms with Gasteiger partial charge < -0.3 is 9.84 Å². The summed E-state index contributed by atoms with van der Waals surface area (Å²) in [5.74, 6) is 4.08. The van der Waals surface area contributed by atoms with Gasteiger partial charge in [-0.3, -0.25) is 0 Å². The second-order valence-corrected chi connectivity index (χ2v) is 6.86. The van der Waals surface area contributed by atoms with Crippen molar-refractivity contribution in [1.29, 1.82) is 0 Å². The predicted molar refractivity (Wildman–Crippen MR) is 78.3 cm³/mol. The van der Waals surface area contributed by atoms with Crippen molar-refractivity contribution in [3.63, 3.8) is 0 Å². The van der Waals surface area contributed by atoms with Crippen LogP contribution in [0.5, 0.6) is 0 Å². The summed E-state index contributed by atoms with van der Waals surface area (Å²) in [7, 11) is 0. The van der Waals surface area contributed by atoms with E-state index >= 15 is 0 Å². The highest BCUT2D eigenvalue weighted by molar-refractivity contribution is 8.06. The SMILES string of the molecule is CCNCCc1nc(C2SCCSC2CC)no1. The molecule has 1 aliphatic rings. The van der Waals surface area contributed by atoms with Crippen LogP contribution in [0.15, 0.2) is 4.52 Å². The summed E-state index contributed by atoms with van der Waals surface area (Å²) in [5, 5.41) is 8.47. The molecule has 1 aliphatic heterocycles. The van der Waals surface area contributed by atoms with Gasteiger partial charge in [-0.05, 0) is 13.0 Å². The molecule has 1 aromatic rings. The number of thioether (sulfide) groups is 2. The Balaban J connectivity index is 1.95. The average molecular weight is 287 g/mol. The van der Waals surface area contributed by atoms with E-state index in [4.69, 9.17) is 4.52 Å². The van der Waals surface area contributed by atoms with Gasteiger partial charge in [-0.2, -0.15) is 16.7 Å². The van der Waals surface area contributed by atoms with Crippen LogP contribution in [0.4, 0.5) is 0 Å². The van der Waals surface area contributed by atoms with Crippen molar-refractivity contribution in [1.82, 2.24) is 15.5 Å². The Hall–Kier alpha value is -0.200. The number of hydrogen-bond acceptors (Lipinski definition) is 6. The third-order valence-corrected chi connectivity index (χ3v) is 6.20. The second-order valence-electron chi connectivity index (χ2n) is 4.26. The minimum atomic E-state index is 0.408. The molecular formula is C12H21N3OS2. The molecule has 0 radical (unpaired) electrons. The van der Waals surface area contributed by atoms with Crippen molar-refractivity contribution >= 4 is 23.5 Å². The monoisotopic (exact) mass is 287 g/mol. The lowest BCUT2D eigenvalue weighted by Gasteiger charge is -2.27. The number of hydrogen-bond donors (Lipinski definition) is 1. The third-order valence-electron chi connectivity index (χ3n) is 2.96. The van der Waals surface area contributed by atoms with E-state index < -0.39 is 0 Å². The smallest absolute Gasteiger partial charge is 0.227 e. The van der Waals surface area contributed by atoms with Crippen LogP contribution in [-0.4, -0.2) is 40.0 Å². The van der Waals surface area contributed by atoms with E-state index in [0.29, 0.717) is 10.5 Å². The average Bonchev–Trinajstić information content (AvgIpc) is 2.88. The normalized spacial score (nSPS) is 24.3. The van der Waals surface area contributed by atoms with Gasteiger partial charge in [0, 0.05) is 29.7 Å². The zero-order chi connectivity index (χ0) is 12.8. The molecule has 0 saturated carbocycles. The molecule has 1 saturated heterocycles. The number of aromatic nitrogens is 2. The molecule has 2 heterocycles. The van der Waals surface area contributed by atoms with Crippen LogP contribution in [0.25, 0.3) is 0 Å². The number of nitrogens with zero attached hydrogens (tertiary/aromatic N) is 2. The summed E-state index contributed by atoms with van der Waals surface area (Å²) in [4.78, 5) is 4.55. The van der Waals surface area contributed by atoms with Gasteiger partial charge in [0.2, 0.25) is 5.89 Å². The van der Waals surface area contributed by atoms with Crippen LogP contribution < -0.4 is 5.32 Å². The predicted octanol–water partition coefficient (Wildman–Crippen LogP) is 2.52. The summed E-state index contributed by atoms with van der Waals surface area (Å²) in [5.41, 5.74) is 0. The molecule has 2 rings (SSSR count). The summed E-state index contributed by atoms with van der Waals surface area (Å²) in [6.07, 6.45) is 1.99. The highest BCUT2D eigenvalue weighted by atomic mass is 32.2. The molecule has 0 aliphatic carbocycles. The Kier molecular flexibility index (Phi) is 5.85. The van der Waals surface area contributed by atoms with Crippen molar-refractivity contribution in [2.75, 3.05) is 24.6 Å². The molecule has 0 aromatic carbocycles. The van der Waals surface area contributed by atoms with Crippen LogP contribution in [-0.2, 0) is 6.42 Å². The molecule has 0 amide bonds. The Morgan fingerprint density at radius 1 is 1.33 bits per heavy atom. The fourth-order valence-corrected chi connectivity index (χ4v) is 4.98. The van der Waals surface area contributed by atoms with Crippen molar-refractivity contribution < 1.29 is 4.52 Å². The zero-order valence-electron chi connectivity index (χ0n) is 11.0. The zero-order valence-corrected chi connectivity index (χ0v) is 12.6. The van der Waals surface area contributed by atoms with Crippen LogP contribution in [0.2, 0.25) is 0 Å². The molecule has 4 nitrogen and oxygen atoms in total. The molecule has 1 fully saturated rings. The first kappa shape index (κ1) is 14.2. The topological polar surface area (TPSA) is 51.0 Å². The molecule has 6 heteroatoms. The van der Waals surface area contributed by atoms with Gasteiger partial charge in [0.25, 0.3) is 0 Å². The Morgan fingerprint density at radius 3 is 2.94 bits per heavy atom. The Morgan fingerprint density at radius 2 is 2.17 bits per heavy atom. The fraction of sp³-hybridized carbons (Fsp3) is 0.833. The summed E-state index contributed by atoms with van der Waals surface area (Å²) < 4.78 is 5.33. The van der Waals surface area contributed by atoms with E-state index in [-0.39, 0.29) is 0 Å². The van der Waals surface area contributed by atoms with E-state index in [1.807, 2.05) is 23.5 Å². The van der Waals surface area contributed by atoms with E-state index in [2.05, 4.69) is 29.3 Å². The quantitative estimate of drug-likeness (QED) is 0.811. The Labute approximate surface area is 117 Å². The van der Waals surface area contributed by atoms with Crippen molar-refractivity contribution in [3.05, 3.63) is 11.7 Å². The maximum absolute atomic E-state index is 5.33. The molecule has 102 valence electrons. The highest BCUT2D eigenvalue weighted by Crippen LogP contribution is 2.42. The van der Waals surface area contributed by atoms with Crippen LogP contribution in [0, 0.1) is 0 Å². The van der Waals surface area contributed by atoms with Gasteiger partial charge in [0.1, 0.15) is 0 Å². The third kappa shape index (κ3) is 3.65. The van der Waals surface area contributed by atoms with Crippen molar-refractivity contribution in [2.45, 2.75) is 37.2 Å². The van der Waals surface area contributed by atoms with Gasteiger partial charge in [0.05, 0.1) is 5.25 Å². The lowest BCUT2D eigenvalue weighted by Crippen LogP contribution is -2.19. The number of rotatable bonds is 6. The van der Waals surface area contributed by atoms with Crippen LogP contribution in [0.3, 0.4) is 0 Å². The number of nitrogens with one attached hydrogen (secondary N) is 1. The van der Waals surface area contributed by atoms with Crippen LogP contribution >= 0.6 is 23.5 Å². The van der Waals surface area contributed by atoms with E-state index in [1.165, 1.54) is 17.9 Å². The van der Waals surface area contributed by atoms with Gasteiger partial charge in [-0.1, -0.05) is 19.0 Å². The Bertz CT molecular complexity index is 359. The molecule has 0 spiro atoms. The van der Waals surface area contributed by atoms with Crippen LogP contribution in [0.1, 0.15) is 37.2 Å². The van der Waals surface area contributed by atoms with Crippen molar-refractivity contribution in [3.8, 4) is 0 Å². The fourth-order valence-electron chi connectivity index (χ4n) is 2.00. The molecule has 18 heavy (non-hydrogen) atoms. The van der Waals surface area contributed by atoms with Crippen molar-refractivity contribution in [2.24, 2.45) is 0 Å². The van der Waals surface area contributed by atoms with E-state index in [9.17, 15) is 0 Å². The minimum absolute atomic E-state index is 0.408. The maximum atomic E-state index is 5.33. The minimum Gasteiger partial charge on any atom is -0.339 e. The van der Waals surface area contributed by atoms with Gasteiger partial charge in [0.15, 0.2) is 5.82 Å². The molecule has 1 aromatic heterocycles. The highest BCUT2D eigenvalue weighted by Gasteiger charge is 2.30. The molecule has 0 bridgehead atoms. The standard InChI is InChI=1S/C12H21N3OS2/c1-3-9-11(18-8-7-17-9)12-14-10(16-15-12)5-6-13-4-2/h9,11,13H,3-8H2,1-2H3. The van der Waals surface area contributed by atoms with E-state index in [0.717, 1.165) is 31.2 Å². The first-order chi connectivity index (χ1) is 8.85. The maximum Gasteiger partial charge on any atom is 0.227 e. The van der Waals surface area contributed by atoms with Gasteiger partial charge >= 0.3 is 0 Å². The molecular weight excluding hydrogens is 266 g/mol. The molecule has 2 unspecified atom stereocenters. The lowest BCUT2D eigenvalue weighted by molar-refractivity contribution is 0.370. The molecule has 2 atom stereocenters. The first-order valence-electron chi connectivity index (χ1n) is 6.61. The second kappa shape index (κ2) is 7.40. The largest absolute Gasteiger partial charge is 0.339 e. The first-order valence-corrected chi connectivity index (χ1v) is 8.71. The molecule has 1 N–H and O–H groups in total. The van der Waals surface area contributed by atoms with Gasteiger partial charge in [-0.15, -0.1) is 11.8 Å². The van der Waals surface area contributed by atoms with E-state index in [1.54, 1.807) is 0 Å². The van der Waals surface area contributed by atoms with Gasteiger partial charge in [-0.25, -0.2) is 0 Å². The summed E-state index contributed by atoms with van der Waals surface area (Å²) in [6, 6.07) is 0. The summed E-state index contributed by atoms with van der Waals surface area (Å²) >= 11 is 4.01. The number of likely N-dealkylation sites (N-methyl/N-ethyl adjacent to an activating group) is 1. The summed E-state index contributed by atoms with van der Waals surface area (Å²) in [6.45, 7) is 6.22. The lowest BCUT2D eigenvalue weighted by atomic mass is 10.2.